The number of likely N-dealkylation sites (N-methyl/N-ethyl adjacent to an activating group) is 1. The maximum absolute atomic E-state index is 13.5. The van der Waals surface area contributed by atoms with E-state index in [0.29, 0.717) is 17.4 Å². The Bertz CT molecular complexity index is 1380. The first-order chi connectivity index (χ1) is 34.9. The molecule has 0 spiro atoms. The molecular weight excluding hydrogens is 916 g/mol. The Kier molecular flexibility index (Phi) is 50.9. The van der Waals surface area contributed by atoms with Crippen LogP contribution in [-0.2, 0) is 27.9 Å². The first kappa shape index (κ1) is 70.0. The highest BCUT2D eigenvalue weighted by Crippen LogP contribution is 2.38. The van der Waals surface area contributed by atoms with E-state index in [4.69, 9.17) is 13.8 Å². The number of amides is 1. The summed E-state index contributed by atoms with van der Waals surface area (Å²) in [5.74, 6) is -0.541. The number of unbranched alkanes of at least 4 members (excludes halogenated alkanes) is 33. The van der Waals surface area contributed by atoms with Crippen LogP contribution >= 0.6 is 7.82 Å². The van der Waals surface area contributed by atoms with E-state index in [-0.39, 0.29) is 31.5 Å². The van der Waals surface area contributed by atoms with E-state index < -0.39 is 20.0 Å². The van der Waals surface area contributed by atoms with Crippen LogP contribution in [0.25, 0.3) is 0 Å². The van der Waals surface area contributed by atoms with Crippen LogP contribution in [0, 0.1) is 0 Å². The lowest BCUT2D eigenvalue weighted by molar-refractivity contribution is -0.870. The summed E-state index contributed by atoms with van der Waals surface area (Å²) in [4.78, 5) is 39.9. The smallest absolute Gasteiger partial charge is 0.306 e. The van der Waals surface area contributed by atoms with E-state index in [9.17, 15) is 19.0 Å². The molecule has 0 aromatic heterocycles. The summed E-state index contributed by atoms with van der Waals surface area (Å²) in [5.41, 5.74) is 0. The minimum absolute atomic E-state index is 0.0225. The Morgan fingerprint density at radius 3 is 1.29 bits per heavy atom. The van der Waals surface area contributed by atoms with Crippen molar-refractivity contribution in [2.45, 2.75) is 296 Å². The van der Waals surface area contributed by atoms with Crippen molar-refractivity contribution in [1.82, 2.24) is 5.32 Å². The lowest BCUT2D eigenvalue weighted by atomic mass is 10.0. The number of nitrogens with one attached hydrogen (secondary N) is 1. The quantitative estimate of drug-likeness (QED) is 0.0212. The highest BCUT2D eigenvalue weighted by molar-refractivity contribution is 7.45. The van der Waals surface area contributed by atoms with E-state index in [2.05, 4.69) is 62.5 Å². The molecule has 1 amide bonds. The number of rotatable bonds is 55. The predicted molar refractivity (Wildman–Crippen MR) is 307 cm³/mol. The van der Waals surface area contributed by atoms with Crippen LogP contribution in [-0.4, -0.2) is 69.4 Å². The van der Waals surface area contributed by atoms with E-state index in [1.54, 1.807) is 0 Å². The van der Waals surface area contributed by atoms with Gasteiger partial charge in [0, 0.05) is 12.8 Å². The lowest BCUT2D eigenvalue weighted by Gasteiger charge is -2.30. The molecule has 0 bridgehead atoms. The van der Waals surface area contributed by atoms with Crippen LogP contribution in [0.2, 0.25) is 0 Å². The van der Waals surface area contributed by atoms with Gasteiger partial charge in [0.25, 0.3) is 7.82 Å². The molecule has 0 rings (SSSR count). The molecule has 0 saturated heterocycles. The summed E-state index contributed by atoms with van der Waals surface area (Å²) in [6.45, 7) is 6.82. The molecule has 0 aliphatic carbocycles. The van der Waals surface area contributed by atoms with Gasteiger partial charge in [0.1, 0.15) is 19.3 Å². The van der Waals surface area contributed by atoms with Crippen molar-refractivity contribution in [1.29, 1.82) is 0 Å². The predicted octanol–water partition coefficient (Wildman–Crippen LogP) is 17.9. The van der Waals surface area contributed by atoms with Crippen LogP contribution in [0.15, 0.2) is 48.6 Å². The summed E-state index contributed by atoms with van der Waals surface area (Å²) >= 11 is 0. The Morgan fingerprint density at radius 1 is 0.486 bits per heavy atom. The third-order valence-corrected chi connectivity index (χ3v) is 14.5. The van der Waals surface area contributed by atoms with Gasteiger partial charge >= 0.3 is 5.97 Å². The Labute approximate surface area is 446 Å². The largest absolute Gasteiger partial charge is 0.756 e. The Balaban J connectivity index is 5.24. The average molecular weight is 1030 g/mol. The van der Waals surface area contributed by atoms with Crippen LogP contribution < -0.4 is 10.2 Å². The molecule has 1 N–H and O–H groups in total. The maximum atomic E-state index is 13.5. The molecule has 0 saturated carbocycles. The van der Waals surface area contributed by atoms with Gasteiger partial charge in [0.2, 0.25) is 5.91 Å². The molecule has 0 radical (unpaired) electrons. The summed E-state index contributed by atoms with van der Waals surface area (Å²) in [6, 6.07) is -0.888. The molecule has 72 heavy (non-hydrogen) atoms. The number of hydrogen-bond acceptors (Lipinski definition) is 7. The van der Waals surface area contributed by atoms with Gasteiger partial charge in [-0.2, -0.15) is 0 Å². The lowest BCUT2D eigenvalue weighted by Crippen LogP contribution is -2.47. The number of esters is 1. The molecule has 3 unspecified atom stereocenters. The summed E-state index contributed by atoms with van der Waals surface area (Å²) < 4.78 is 30.3. The van der Waals surface area contributed by atoms with Gasteiger partial charge < -0.3 is 28.5 Å². The number of phosphoric ester groups is 1. The highest BCUT2D eigenvalue weighted by Gasteiger charge is 2.27. The molecule has 0 fully saturated rings. The van der Waals surface area contributed by atoms with Crippen molar-refractivity contribution in [3.63, 3.8) is 0 Å². The summed E-state index contributed by atoms with van der Waals surface area (Å²) in [5, 5.41) is 3.02. The topological polar surface area (TPSA) is 114 Å². The van der Waals surface area contributed by atoms with Crippen molar-refractivity contribution in [3.05, 3.63) is 48.6 Å². The molecule has 0 aliphatic heterocycles. The molecular formula is C62H117N2O7P. The van der Waals surface area contributed by atoms with Crippen LogP contribution in [0.3, 0.4) is 0 Å². The van der Waals surface area contributed by atoms with Gasteiger partial charge in [0.15, 0.2) is 0 Å². The number of quaternary nitrogens is 1. The fourth-order valence-corrected chi connectivity index (χ4v) is 9.49. The number of phosphoric acid groups is 1. The molecule has 0 aromatic rings. The van der Waals surface area contributed by atoms with E-state index in [1.807, 2.05) is 33.3 Å². The number of carbonyl (C=O) groups excluding carboxylic acids is 2. The number of hydrogen-bond donors (Lipinski definition) is 1. The zero-order valence-corrected chi connectivity index (χ0v) is 49.0. The van der Waals surface area contributed by atoms with Gasteiger partial charge in [-0.25, -0.2) is 0 Å². The van der Waals surface area contributed by atoms with Crippen LogP contribution in [0.4, 0.5) is 0 Å². The first-order valence-corrected chi connectivity index (χ1v) is 31.9. The SMILES string of the molecule is CCCCC/C=C\C/C=C\C/C=C\CCCCCCCCCCC(=O)OC(/C=C/CCCCCCCCCCCC)C(COP(=O)([O-])OCC[N+](C)(C)C)NC(=O)CCCCCCCCCCCCCCC. The Hall–Kier alpha value is -2.03. The minimum atomic E-state index is -4.69. The minimum Gasteiger partial charge on any atom is -0.756 e. The van der Waals surface area contributed by atoms with E-state index in [1.165, 1.54) is 167 Å². The van der Waals surface area contributed by atoms with Crippen molar-refractivity contribution in [3.8, 4) is 0 Å². The second-order valence-electron chi connectivity index (χ2n) is 21.9. The molecule has 422 valence electrons. The normalized spacial score (nSPS) is 14.0. The second-order valence-corrected chi connectivity index (χ2v) is 23.3. The summed E-state index contributed by atoms with van der Waals surface area (Å²) in [7, 11) is 1.19. The van der Waals surface area contributed by atoms with Gasteiger partial charge in [0.05, 0.1) is 33.8 Å². The molecule has 0 heterocycles. The highest BCUT2D eigenvalue weighted by atomic mass is 31.2. The zero-order chi connectivity index (χ0) is 52.9. The number of allylic oxidation sites excluding steroid dienone is 7. The van der Waals surface area contributed by atoms with Crippen LogP contribution in [0.1, 0.15) is 284 Å². The van der Waals surface area contributed by atoms with Gasteiger partial charge in [-0.1, -0.05) is 250 Å². The number of carbonyl (C=O) groups is 2. The van der Waals surface area contributed by atoms with Crippen molar-refractivity contribution < 1.29 is 37.3 Å². The van der Waals surface area contributed by atoms with Gasteiger partial charge in [-0.15, -0.1) is 0 Å². The van der Waals surface area contributed by atoms with Crippen molar-refractivity contribution in [2.24, 2.45) is 0 Å². The summed E-state index contributed by atoms with van der Waals surface area (Å²) in [6.07, 6.45) is 63.5. The van der Waals surface area contributed by atoms with Gasteiger partial charge in [-0.05, 0) is 70.3 Å². The third-order valence-electron chi connectivity index (χ3n) is 13.5. The maximum Gasteiger partial charge on any atom is 0.306 e. The fraction of sp³-hybridized carbons (Fsp3) is 0.839. The zero-order valence-electron chi connectivity index (χ0n) is 48.1. The second kappa shape index (κ2) is 52.4. The molecule has 0 aromatic carbocycles. The third kappa shape index (κ3) is 52.8. The average Bonchev–Trinajstić information content (AvgIpc) is 3.34. The number of ether oxygens (including phenoxy) is 1. The molecule has 0 aliphatic rings. The van der Waals surface area contributed by atoms with Crippen molar-refractivity contribution in [2.75, 3.05) is 40.9 Å². The van der Waals surface area contributed by atoms with E-state index >= 15 is 0 Å². The first-order valence-electron chi connectivity index (χ1n) is 30.4. The van der Waals surface area contributed by atoms with Crippen molar-refractivity contribution >= 4 is 19.7 Å². The molecule has 9 nitrogen and oxygen atoms in total. The van der Waals surface area contributed by atoms with Gasteiger partial charge in [-0.3, -0.25) is 14.2 Å². The van der Waals surface area contributed by atoms with Crippen LogP contribution in [0.5, 0.6) is 0 Å². The standard InChI is InChI=1S/C62H117N2O7P/c1-7-10-13-16-19-22-25-28-29-30-31-32-33-34-35-37-40-43-46-49-52-55-62(66)71-60(53-50-47-44-41-38-27-24-21-18-15-12-9-3)59(58-70-72(67,68)69-57-56-64(4,5)6)63-61(65)54-51-48-45-42-39-36-26-23-20-17-14-11-8-2/h19,22,28-29,31-32,50,53,59-60H,7-18,20-21,23-27,30,33-49,51-52,54-58H2,1-6H3,(H-,63,65,67,68)/b22-19-,29-28-,32-31-,53-50+. The molecule has 3 atom stereocenters. The van der Waals surface area contributed by atoms with E-state index in [0.717, 1.165) is 83.5 Å². The monoisotopic (exact) mass is 1030 g/mol. The number of nitrogens with zero attached hydrogens (tertiary/aromatic N) is 1. The molecule has 10 heteroatoms. The Morgan fingerprint density at radius 2 is 0.847 bits per heavy atom. The fourth-order valence-electron chi connectivity index (χ4n) is 8.76.